The van der Waals surface area contributed by atoms with E-state index in [1.807, 2.05) is 0 Å². The molecule has 0 radical (unpaired) electrons. The maximum atomic E-state index is 13.6. The first-order chi connectivity index (χ1) is 15.2. The lowest BCUT2D eigenvalue weighted by Gasteiger charge is -2.23. The summed E-state index contributed by atoms with van der Waals surface area (Å²) in [6.07, 6.45) is 0. The van der Waals surface area contributed by atoms with Gasteiger partial charge in [-0.2, -0.15) is 4.31 Å². The molecule has 1 amide bonds. The highest BCUT2D eigenvalue weighted by molar-refractivity contribution is 7.93. The van der Waals surface area contributed by atoms with Crippen LogP contribution in [0.25, 0.3) is 11.1 Å². The fourth-order valence-corrected chi connectivity index (χ4v) is 4.73. The van der Waals surface area contributed by atoms with E-state index in [-0.39, 0.29) is 21.7 Å². The summed E-state index contributed by atoms with van der Waals surface area (Å²) >= 11 is 5.91. The van der Waals surface area contributed by atoms with E-state index in [1.54, 1.807) is 12.1 Å². The van der Waals surface area contributed by atoms with Crippen molar-refractivity contribution in [2.45, 2.75) is 4.90 Å². The van der Waals surface area contributed by atoms with Crippen molar-refractivity contribution in [1.82, 2.24) is 4.57 Å². The molecular formula is C22H17ClN2O6S. The van der Waals surface area contributed by atoms with Crippen LogP contribution in [-0.2, 0) is 17.1 Å². The van der Waals surface area contributed by atoms with Crippen molar-refractivity contribution in [2.75, 3.05) is 11.4 Å². The van der Waals surface area contributed by atoms with Crippen molar-refractivity contribution in [3.8, 4) is 5.75 Å². The number of fused-ring (bicyclic) bond motifs is 1. The molecule has 4 rings (SSSR count). The molecule has 0 N–H and O–H groups in total. The molecule has 0 unspecified atom stereocenters. The minimum Gasteiger partial charge on any atom is -0.497 e. The van der Waals surface area contributed by atoms with Crippen LogP contribution in [0.2, 0.25) is 5.02 Å². The maximum Gasteiger partial charge on any atom is 0.419 e. The minimum absolute atomic E-state index is 0.0900. The minimum atomic E-state index is -4.39. The number of methoxy groups -OCH3 is 1. The second kappa shape index (κ2) is 8.18. The molecular weight excluding hydrogens is 456 g/mol. The summed E-state index contributed by atoms with van der Waals surface area (Å²) in [6.45, 7) is 0. The van der Waals surface area contributed by atoms with Gasteiger partial charge in [0.1, 0.15) is 5.75 Å². The van der Waals surface area contributed by atoms with Gasteiger partial charge in [0, 0.05) is 23.7 Å². The first-order valence-corrected chi connectivity index (χ1v) is 11.1. The Labute approximate surface area is 188 Å². The highest BCUT2D eigenvalue weighted by atomic mass is 35.5. The quantitative estimate of drug-likeness (QED) is 0.437. The molecule has 3 aromatic carbocycles. The van der Waals surface area contributed by atoms with Crippen LogP contribution in [0.1, 0.15) is 10.4 Å². The molecule has 8 nitrogen and oxygen atoms in total. The molecule has 4 aromatic rings. The fraction of sp³-hybridized carbons (Fsp3) is 0.0909. The van der Waals surface area contributed by atoms with Gasteiger partial charge in [-0.3, -0.25) is 9.36 Å². The van der Waals surface area contributed by atoms with Crippen LogP contribution in [0.3, 0.4) is 0 Å². The fourth-order valence-electron chi connectivity index (χ4n) is 3.17. The van der Waals surface area contributed by atoms with E-state index in [9.17, 15) is 18.0 Å². The Kier molecular flexibility index (Phi) is 5.53. The Morgan fingerprint density at radius 1 is 1.03 bits per heavy atom. The zero-order valence-corrected chi connectivity index (χ0v) is 18.6. The number of anilines is 1. The summed E-state index contributed by atoms with van der Waals surface area (Å²) in [7, 11) is -1.40. The molecule has 0 aliphatic rings. The van der Waals surface area contributed by atoms with Crippen molar-refractivity contribution >= 4 is 44.3 Å². The third-order valence-electron chi connectivity index (χ3n) is 4.88. The van der Waals surface area contributed by atoms with Crippen molar-refractivity contribution < 1.29 is 22.4 Å². The lowest BCUT2D eigenvalue weighted by Crippen LogP contribution is -2.37. The molecule has 0 bridgehead atoms. The molecule has 0 saturated heterocycles. The highest BCUT2D eigenvalue weighted by Crippen LogP contribution is 2.29. The lowest BCUT2D eigenvalue weighted by atomic mass is 10.2. The number of rotatable bonds is 5. The van der Waals surface area contributed by atoms with E-state index < -0.39 is 21.7 Å². The number of aryl methyl sites for hydroxylation is 1. The second-order valence-corrected chi connectivity index (χ2v) is 9.06. The van der Waals surface area contributed by atoms with Crippen molar-refractivity contribution in [2.24, 2.45) is 7.05 Å². The number of benzene rings is 3. The van der Waals surface area contributed by atoms with Crippen LogP contribution in [0.15, 0.2) is 80.8 Å². The van der Waals surface area contributed by atoms with Crippen LogP contribution in [0.5, 0.6) is 5.75 Å². The van der Waals surface area contributed by atoms with Crippen LogP contribution in [-0.4, -0.2) is 26.0 Å². The SMILES string of the molecule is COc1ccc(N(C(=O)c2ccc(Cl)cc2)S(=O)(=O)c2ccc3c(c2)oc(=O)n3C)cc1. The van der Waals surface area contributed by atoms with Gasteiger partial charge in [-0.15, -0.1) is 0 Å². The van der Waals surface area contributed by atoms with Gasteiger partial charge in [-0.05, 0) is 60.7 Å². The van der Waals surface area contributed by atoms with Crippen LogP contribution < -0.4 is 14.8 Å². The summed E-state index contributed by atoms with van der Waals surface area (Å²) in [4.78, 5) is 24.9. The Hall–Kier alpha value is -3.56. The van der Waals surface area contributed by atoms with Gasteiger partial charge in [0.05, 0.1) is 23.2 Å². The van der Waals surface area contributed by atoms with E-state index in [4.69, 9.17) is 20.8 Å². The average Bonchev–Trinajstić information content (AvgIpc) is 3.07. The normalized spacial score (nSPS) is 11.5. The van der Waals surface area contributed by atoms with E-state index >= 15 is 0 Å². The molecule has 10 heteroatoms. The van der Waals surface area contributed by atoms with Crippen molar-refractivity contribution in [3.63, 3.8) is 0 Å². The Balaban J connectivity index is 1.88. The van der Waals surface area contributed by atoms with Crippen molar-refractivity contribution in [1.29, 1.82) is 0 Å². The summed E-state index contributed by atoms with van der Waals surface area (Å²) < 4.78 is 39.4. The number of hydrogen-bond acceptors (Lipinski definition) is 6. The van der Waals surface area contributed by atoms with Crippen LogP contribution in [0, 0.1) is 0 Å². The molecule has 0 aliphatic carbocycles. The summed E-state index contributed by atoms with van der Waals surface area (Å²) in [5.41, 5.74) is 0.752. The number of ether oxygens (including phenoxy) is 1. The first kappa shape index (κ1) is 21.7. The number of carbonyl (C=O) groups is 1. The predicted octanol–water partition coefficient (Wildman–Crippen LogP) is 3.83. The van der Waals surface area contributed by atoms with E-state index in [0.29, 0.717) is 20.6 Å². The van der Waals surface area contributed by atoms with Gasteiger partial charge < -0.3 is 9.15 Å². The molecule has 0 aliphatic heterocycles. The number of aromatic nitrogens is 1. The molecule has 1 aromatic heterocycles. The molecule has 164 valence electrons. The number of carbonyl (C=O) groups excluding carboxylic acids is 1. The zero-order chi connectivity index (χ0) is 23.0. The van der Waals surface area contributed by atoms with Gasteiger partial charge >= 0.3 is 5.76 Å². The van der Waals surface area contributed by atoms with Gasteiger partial charge in [0.25, 0.3) is 15.9 Å². The molecule has 1 heterocycles. The number of amides is 1. The van der Waals surface area contributed by atoms with Gasteiger partial charge in [-0.1, -0.05) is 11.6 Å². The van der Waals surface area contributed by atoms with Gasteiger partial charge in [0.2, 0.25) is 0 Å². The molecule has 0 fully saturated rings. The number of halogens is 1. The highest BCUT2D eigenvalue weighted by Gasteiger charge is 2.32. The number of sulfonamides is 1. The van der Waals surface area contributed by atoms with Crippen molar-refractivity contribution in [3.05, 3.63) is 87.9 Å². The lowest BCUT2D eigenvalue weighted by molar-refractivity contribution is 0.101. The second-order valence-electron chi connectivity index (χ2n) is 6.84. The first-order valence-electron chi connectivity index (χ1n) is 9.31. The van der Waals surface area contributed by atoms with E-state index in [1.165, 1.54) is 73.3 Å². The topological polar surface area (TPSA) is 98.8 Å². The molecule has 0 spiro atoms. The molecule has 32 heavy (non-hydrogen) atoms. The van der Waals surface area contributed by atoms with Crippen LogP contribution >= 0.6 is 11.6 Å². The Morgan fingerprint density at radius 3 is 2.31 bits per heavy atom. The Bertz CT molecular complexity index is 1470. The summed E-state index contributed by atoms with van der Waals surface area (Å²) in [5, 5.41) is 0.407. The maximum absolute atomic E-state index is 13.6. The van der Waals surface area contributed by atoms with E-state index in [2.05, 4.69) is 0 Å². The number of nitrogens with zero attached hydrogens (tertiary/aromatic N) is 2. The largest absolute Gasteiger partial charge is 0.497 e. The summed E-state index contributed by atoms with van der Waals surface area (Å²) in [6, 6.07) is 15.9. The van der Waals surface area contributed by atoms with E-state index in [0.717, 1.165) is 0 Å². The molecule has 0 atom stereocenters. The third-order valence-corrected chi connectivity index (χ3v) is 6.84. The number of hydrogen-bond donors (Lipinski definition) is 0. The average molecular weight is 473 g/mol. The number of oxazole rings is 1. The van der Waals surface area contributed by atoms with Gasteiger partial charge in [0.15, 0.2) is 5.58 Å². The van der Waals surface area contributed by atoms with Gasteiger partial charge in [-0.25, -0.2) is 13.2 Å². The van der Waals surface area contributed by atoms with Crippen LogP contribution in [0.4, 0.5) is 5.69 Å². The predicted molar refractivity (Wildman–Crippen MR) is 120 cm³/mol. The molecule has 0 saturated carbocycles. The standard InChI is InChI=1S/C22H17ClN2O6S/c1-24-19-12-11-18(13-20(19)31-22(24)27)32(28,29)25(16-7-9-17(30-2)10-8-16)21(26)14-3-5-15(23)6-4-14/h3-13H,1-2H3. The smallest absolute Gasteiger partial charge is 0.419 e. The summed E-state index contributed by atoms with van der Waals surface area (Å²) in [5.74, 6) is -0.905. The monoisotopic (exact) mass is 472 g/mol. The third kappa shape index (κ3) is 3.76. The zero-order valence-electron chi connectivity index (χ0n) is 17.0. The Morgan fingerprint density at radius 2 is 1.69 bits per heavy atom.